The molecule has 0 saturated carbocycles. The average molecular weight is 437 g/mol. The molecule has 2 heterocycles. The maximum atomic E-state index is 12.9. The Morgan fingerprint density at radius 3 is 2.67 bits per heavy atom. The van der Waals surface area contributed by atoms with Crippen LogP contribution in [0.1, 0.15) is 27.7 Å². The van der Waals surface area contributed by atoms with Crippen molar-refractivity contribution in [1.29, 1.82) is 0 Å². The summed E-state index contributed by atoms with van der Waals surface area (Å²) >= 11 is 1.68. The van der Waals surface area contributed by atoms with Crippen LogP contribution in [0.3, 0.4) is 0 Å². The number of hydrogen-bond donors (Lipinski definition) is 2. The maximum Gasteiger partial charge on any atom is 0.416 e. The van der Waals surface area contributed by atoms with Crippen molar-refractivity contribution in [3.8, 4) is 0 Å². The predicted octanol–water partition coefficient (Wildman–Crippen LogP) is 3.68. The second kappa shape index (κ2) is 9.75. The fraction of sp³-hybridized carbons (Fsp3) is 0.350. The average Bonchev–Trinajstić information content (AvgIpc) is 3.34. The highest BCUT2D eigenvalue weighted by Crippen LogP contribution is 2.29. The number of nitrogens with zero attached hydrogens (tertiary/aromatic N) is 4. The number of rotatable bonds is 7. The van der Waals surface area contributed by atoms with Crippen molar-refractivity contribution in [3.05, 3.63) is 69.4 Å². The molecule has 6 nitrogen and oxygen atoms in total. The van der Waals surface area contributed by atoms with E-state index in [4.69, 9.17) is 0 Å². The van der Waals surface area contributed by atoms with Gasteiger partial charge in [0, 0.05) is 18.5 Å². The molecule has 3 aromatic rings. The minimum Gasteiger partial charge on any atom is -0.356 e. The molecule has 0 atom stereocenters. The summed E-state index contributed by atoms with van der Waals surface area (Å²) in [5.41, 5.74) is -0.191. The van der Waals surface area contributed by atoms with Crippen LogP contribution in [0.15, 0.2) is 46.8 Å². The van der Waals surface area contributed by atoms with Crippen LogP contribution in [0, 0.1) is 6.92 Å². The molecule has 0 bridgehead atoms. The van der Waals surface area contributed by atoms with E-state index in [0.29, 0.717) is 24.6 Å². The van der Waals surface area contributed by atoms with Crippen LogP contribution in [0.4, 0.5) is 13.2 Å². The zero-order valence-electron chi connectivity index (χ0n) is 16.7. The molecule has 0 fully saturated rings. The van der Waals surface area contributed by atoms with Crippen molar-refractivity contribution in [2.24, 2.45) is 12.0 Å². The SMILES string of the molecule is Cc1nnc(CNC(=NCc2cccc(C(F)(F)F)c2)NCCc2cccs2)n1C. The van der Waals surface area contributed by atoms with Crippen LogP contribution in [0.2, 0.25) is 0 Å². The number of aliphatic imine (C=N–C) groups is 1. The first kappa shape index (κ1) is 21.8. The Kier molecular flexibility index (Phi) is 7.09. The third-order valence-electron chi connectivity index (χ3n) is 4.51. The lowest BCUT2D eigenvalue weighted by molar-refractivity contribution is -0.137. The quantitative estimate of drug-likeness (QED) is 0.438. The monoisotopic (exact) mass is 436 g/mol. The van der Waals surface area contributed by atoms with Crippen LogP contribution in [0.5, 0.6) is 0 Å². The normalized spacial score (nSPS) is 12.2. The molecule has 0 radical (unpaired) electrons. The maximum absolute atomic E-state index is 12.9. The van der Waals surface area contributed by atoms with Gasteiger partial charge < -0.3 is 15.2 Å². The van der Waals surface area contributed by atoms with E-state index in [-0.39, 0.29) is 6.54 Å². The lowest BCUT2D eigenvalue weighted by Gasteiger charge is -2.13. The van der Waals surface area contributed by atoms with E-state index in [1.165, 1.54) is 10.9 Å². The largest absolute Gasteiger partial charge is 0.416 e. The van der Waals surface area contributed by atoms with E-state index in [9.17, 15) is 13.2 Å². The number of hydrogen-bond acceptors (Lipinski definition) is 4. The van der Waals surface area contributed by atoms with Crippen LogP contribution in [-0.4, -0.2) is 27.3 Å². The van der Waals surface area contributed by atoms with Gasteiger partial charge in [0.05, 0.1) is 18.7 Å². The summed E-state index contributed by atoms with van der Waals surface area (Å²) in [5.74, 6) is 2.03. The van der Waals surface area contributed by atoms with Gasteiger partial charge in [0.1, 0.15) is 5.82 Å². The number of aryl methyl sites for hydroxylation is 1. The van der Waals surface area contributed by atoms with Gasteiger partial charge in [0.25, 0.3) is 0 Å². The topological polar surface area (TPSA) is 67.1 Å². The fourth-order valence-corrected chi connectivity index (χ4v) is 3.43. The number of nitrogens with one attached hydrogen (secondary N) is 2. The van der Waals surface area contributed by atoms with Crippen LogP contribution < -0.4 is 10.6 Å². The molecule has 0 saturated heterocycles. The smallest absolute Gasteiger partial charge is 0.356 e. The number of benzene rings is 1. The number of alkyl halides is 3. The molecule has 0 amide bonds. The van der Waals surface area contributed by atoms with Crippen molar-refractivity contribution >= 4 is 17.3 Å². The van der Waals surface area contributed by atoms with E-state index in [1.54, 1.807) is 17.4 Å². The van der Waals surface area contributed by atoms with Gasteiger partial charge in [0.15, 0.2) is 11.8 Å². The number of guanidine groups is 1. The summed E-state index contributed by atoms with van der Waals surface area (Å²) in [4.78, 5) is 5.70. The highest BCUT2D eigenvalue weighted by molar-refractivity contribution is 7.09. The van der Waals surface area contributed by atoms with E-state index in [0.717, 1.165) is 30.2 Å². The van der Waals surface area contributed by atoms with Crippen molar-refractivity contribution in [3.63, 3.8) is 0 Å². The molecular weight excluding hydrogens is 413 g/mol. The van der Waals surface area contributed by atoms with E-state index in [2.05, 4.69) is 31.9 Å². The fourth-order valence-electron chi connectivity index (χ4n) is 2.72. The van der Waals surface area contributed by atoms with Crippen LogP contribution in [-0.2, 0) is 32.7 Å². The second-order valence-corrected chi connectivity index (χ2v) is 7.73. The van der Waals surface area contributed by atoms with Gasteiger partial charge in [-0.05, 0) is 42.5 Å². The first-order valence-corrected chi connectivity index (χ1v) is 10.3. The summed E-state index contributed by atoms with van der Waals surface area (Å²) in [5, 5.41) is 16.6. The summed E-state index contributed by atoms with van der Waals surface area (Å²) in [6.07, 6.45) is -3.55. The molecule has 2 aromatic heterocycles. The molecule has 0 aliphatic heterocycles. The summed E-state index contributed by atoms with van der Waals surface area (Å²) < 4.78 is 40.7. The van der Waals surface area contributed by atoms with Crippen LogP contribution in [0.25, 0.3) is 0 Å². The molecule has 0 spiro atoms. The Bertz CT molecular complexity index is 979. The van der Waals surface area contributed by atoms with Gasteiger partial charge in [-0.25, -0.2) is 4.99 Å². The number of aromatic nitrogens is 3. The van der Waals surface area contributed by atoms with Gasteiger partial charge in [0.2, 0.25) is 0 Å². The first-order chi connectivity index (χ1) is 14.3. The summed E-state index contributed by atoms with van der Waals surface area (Å²) in [6.45, 7) is 3.02. The third-order valence-corrected chi connectivity index (χ3v) is 5.45. The number of thiophene rings is 1. The molecule has 0 aliphatic rings. The molecule has 3 rings (SSSR count). The molecule has 0 unspecified atom stereocenters. The van der Waals surface area contributed by atoms with Crippen molar-refractivity contribution in [2.75, 3.05) is 6.54 Å². The Labute approximate surface area is 176 Å². The van der Waals surface area contributed by atoms with Crippen molar-refractivity contribution in [1.82, 2.24) is 25.4 Å². The lowest BCUT2D eigenvalue weighted by Crippen LogP contribution is -2.38. The Morgan fingerprint density at radius 2 is 2.00 bits per heavy atom. The van der Waals surface area contributed by atoms with Gasteiger partial charge in [-0.1, -0.05) is 18.2 Å². The Hall–Kier alpha value is -2.88. The minimum absolute atomic E-state index is 0.121. The highest BCUT2D eigenvalue weighted by Gasteiger charge is 2.30. The first-order valence-electron chi connectivity index (χ1n) is 9.38. The Morgan fingerprint density at radius 1 is 1.17 bits per heavy atom. The van der Waals surface area contributed by atoms with E-state index >= 15 is 0 Å². The lowest BCUT2D eigenvalue weighted by atomic mass is 10.1. The van der Waals surface area contributed by atoms with Crippen molar-refractivity contribution < 1.29 is 13.2 Å². The molecule has 1 aromatic carbocycles. The zero-order valence-corrected chi connectivity index (χ0v) is 17.5. The van der Waals surface area contributed by atoms with E-state index in [1.807, 2.05) is 30.0 Å². The predicted molar refractivity (Wildman–Crippen MR) is 111 cm³/mol. The summed E-state index contributed by atoms with van der Waals surface area (Å²) in [7, 11) is 1.87. The Balaban J connectivity index is 1.67. The standard InChI is InChI=1S/C20H23F3N6S/c1-14-27-28-18(29(14)2)13-26-19(24-9-8-17-7-4-10-30-17)25-12-15-5-3-6-16(11-15)20(21,22)23/h3-7,10-11H,8-9,12-13H2,1-2H3,(H2,24,25,26). The third kappa shape index (κ3) is 6.06. The van der Waals surface area contributed by atoms with Crippen LogP contribution >= 0.6 is 11.3 Å². The molecule has 10 heteroatoms. The van der Waals surface area contributed by atoms with Gasteiger partial charge in [-0.2, -0.15) is 13.2 Å². The van der Waals surface area contributed by atoms with Gasteiger partial charge in [-0.3, -0.25) is 0 Å². The number of halogens is 3. The summed E-state index contributed by atoms with van der Waals surface area (Å²) in [6, 6.07) is 9.26. The molecule has 30 heavy (non-hydrogen) atoms. The van der Waals surface area contributed by atoms with Gasteiger partial charge in [-0.15, -0.1) is 21.5 Å². The van der Waals surface area contributed by atoms with E-state index < -0.39 is 11.7 Å². The molecule has 0 aliphatic carbocycles. The second-order valence-electron chi connectivity index (χ2n) is 6.70. The van der Waals surface area contributed by atoms with Gasteiger partial charge >= 0.3 is 6.18 Å². The molecule has 2 N–H and O–H groups in total. The highest BCUT2D eigenvalue weighted by atomic mass is 32.1. The zero-order chi connectivity index (χ0) is 21.6. The molecular formula is C20H23F3N6S. The van der Waals surface area contributed by atoms with Crippen molar-refractivity contribution in [2.45, 2.75) is 32.6 Å². The molecule has 160 valence electrons. The minimum atomic E-state index is -4.37.